The summed E-state index contributed by atoms with van der Waals surface area (Å²) >= 11 is 0. The molecule has 0 aliphatic heterocycles. The third-order valence-electron chi connectivity index (χ3n) is 8.86. The number of hydrogen-bond acceptors (Lipinski definition) is 4. The SMILES string of the molecule is CCCCCCCCCCCC[N+](C)(CCCC)Cc1ccc2oc(-c3ccc(N(CC)CC)cc3)c(O)c(=O)c2c1. The number of benzene rings is 2. The van der Waals surface area contributed by atoms with E-state index in [2.05, 4.69) is 45.7 Å². The molecule has 0 bridgehead atoms. The van der Waals surface area contributed by atoms with E-state index in [-0.39, 0.29) is 16.9 Å². The van der Waals surface area contributed by atoms with Gasteiger partial charge in [0.15, 0.2) is 5.76 Å². The maximum Gasteiger partial charge on any atom is 0.235 e. The van der Waals surface area contributed by atoms with E-state index in [0.29, 0.717) is 16.5 Å². The second-order valence-electron chi connectivity index (χ2n) is 12.4. The van der Waals surface area contributed by atoms with E-state index in [4.69, 9.17) is 4.42 Å². The minimum absolute atomic E-state index is 0.232. The van der Waals surface area contributed by atoms with Crippen LogP contribution in [0.15, 0.2) is 51.7 Å². The van der Waals surface area contributed by atoms with Crippen LogP contribution in [0.4, 0.5) is 5.69 Å². The van der Waals surface area contributed by atoms with Gasteiger partial charge in [0.25, 0.3) is 0 Å². The molecule has 0 aliphatic rings. The molecule has 3 aromatic rings. The maximum atomic E-state index is 13.3. The number of unbranched alkanes of at least 4 members (excludes halogenated alkanes) is 10. The highest BCUT2D eigenvalue weighted by atomic mass is 16.4. The van der Waals surface area contributed by atoms with Crippen molar-refractivity contribution in [1.82, 2.24) is 0 Å². The fourth-order valence-electron chi connectivity index (χ4n) is 6.17. The molecule has 3 rings (SSSR count). The fraction of sp³-hybridized carbons (Fsp3) is 0.595. The van der Waals surface area contributed by atoms with Gasteiger partial charge in [-0.3, -0.25) is 4.79 Å². The smallest absolute Gasteiger partial charge is 0.235 e. The zero-order valence-corrected chi connectivity index (χ0v) is 27.2. The highest BCUT2D eigenvalue weighted by molar-refractivity contribution is 5.82. The van der Waals surface area contributed by atoms with E-state index in [1.54, 1.807) is 0 Å². The Kier molecular flexibility index (Phi) is 13.9. The number of hydrogen-bond donors (Lipinski definition) is 1. The van der Waals surface area contributed by atoms with E-state index in [1.807, 2.05) is 36.4 Å². The van der Waals surface area contributed by atoms with Crippen LogP contribution in [-0.4, -0.2) is 42.8 Å². The molecule has 1 atom stereocenters. The van der Waals surface area contributed by atoms with Crippen molar-refractivity contribution in [2.75, 3.05) is 38.1 Å². The third-order valence-corrected chi connectivity index (χ3v) is 8.86. The summed E-state index contributed by atoms with van der Waals surface area (Å²) in [5, 5.41) is 11.4. The summed E-state index contributed by atoms with van der Waals surface area (Å²) < 4.78 is 7.11. The molecule has 0 spiro atoms. The lowest BCUT2D eigenvalue weighted by molar-refractivity contribution is -0.923. The Hall–Kier alpha value is -2.79. The summed E-state index contributed by atoms with van der Waals surface area (Å²) in [6, 6.07) is 13.8. The van der Waals surface area contributed by atoms with Crippen LogP contribution < -0.4 is 10.3 Å². The first kappa shape index (κ1) is 33.7. The monoisotopic (exact) mass is 577 g/mol. The zero-order valence-electron chi connectivity index (χ0n) is 27.2. The van der Waals surface area contributed by atoms with E-state index in [9.17, 15) is 9.90 Å². The van der Waals surface area contributed by atoms with Gasteiger partial charge in [-0.1, -0.05) is 71.6 Å². The summed E-state index contributed by atoms with van der Waals surface area (Å²) in [6.07, 6.45) is 15.9. The normalized spacial score (nSPS) is 13.0. The molecule has 0 saturated carbocycles. The van der Waals surface area contributed by atoms with Crippen molar-refractivity contribution in [3.05, 3.63) is 58.3 Å². The molecule has 1 N–H and O–H groups in total. The van der Waals surface area contributed by atoms with Crippen molar-refractivity contribution in [2.24, 2.45) is 0 Å². The predicted molar refractivity (Wildman–Crippen MR) is 180 cm³/mol. The van der Waals surface area contributed by atoms with Crippen LogP contribution in [-0.2, 0) is 6.54 Å². The lowest BCUT2D eigenvalue weighted by Gasteiger charge is -2.35. The van der Waals surface area contributed by atoms with Crippen molar-refractivity contribution in [3.8, 4) is 17.1 Å². The number of fused-ring (bicyclic) bond motifs is 1. The highest BCUT2D eigenvalue weighted by Gasteiger charge is 2.23. The standard InChI is InChI=1S/C37H56N2O3/c1-6-10-12-13-14-15-16-17-18-19-27-39(5,26-11-7-2)29-30-20-25-34-33(28-30)35(40)36(41)37(42-34)31-21-23-32(24-22-31)38(8-3)9-4/h20-25,28H,6-19,26-27,29H2,1-5H3/p+1. The Labute approximate surface area is 255 Å². The van der Waals surface area contributed by atoms with Gasteiger partial charge in [-0.05, 0) is 75.6 Å². The van der Waals surface area contributed by atoms with Crippen LogP contribution in [0.3, 0.4) is 0 Å². The van der Waals surface area contributed by atoms with Crippen molar-refractivity contribution in [1.29, 1.82) is 0 Å². The molecule has 42 heavy (non-hydrogen) atoms. The van der Waals surface area contributed by atoms with Crippen LogP contribution in [0.25, 0.3) is 22.3 Å². The van der Waals surface area contributed by atoms with Crippen molar-refractivity contribution in [3.63, 3.8) is 0 Å². The first-order chi connectivity index (χ1) is 20.4. The molecule has 5 nitrogen and oxygen atoms in total. The summed E-state index contributed by atoms with van der Waals surface area (Å²) in [4.78, 5) is 15.6. The Morgan fingerprint density at radius 2 is 1.31 bits per heavy atom. The Morgan fingerprint density at radius 1 is 0.738 bits per heavy atom. The van der Waals surface area contributed by atoms with E-state index in [0.717, 1.165) is 48.5 Å². The van der Waals surface area contributed by atoms with Crippen LogP contribution >= 0.6 is 0 Å². The molecule has 0 radical (unpaired) electrons. The highest BCUT2D eigenvalue weighted by Crippen LogP contribution is 2.32. The zero-order chi connectivity index (χ0) is 30.4. The van der Waals surface area contributed by atoms with Gasteiger partial charge in [-0.2, -0.15) is 0 Å². The molecule has 0 amide bonds. The van der Waals surface area contributed by atoms with Gasteiger partial charge in [0.2, 0.25) is 11.2 Å². The summed E-state index contributed by atoms with van der Waals surface area (Å²) in [7, 11) is 2.36. The molecule has 0 saturated heterocycles. The molecular formula is C37H57N2O3+. The van der Waals surface area contributed by atoms with Gasteiger partial charge in [-0.25, -0.2) is 0 Å². The van der Waals surface area contributed by atoms with Gasteiger partial charge < -0.3 is 18.9 Å². The topological polar surface area (TPSA) is 53.7 Å². The summed E-state index contributed by atoms with van der Waals surface area (Å²) in [5.74, 6) is -0.0836. The minimum Gasteiger partial charge on any atom is -0.502 e. The Bertz CT molecular complexity index is 1260. The number of aromatic hydroxyl groups is 1. The number of quaternary nitrogens is 1. The number of nitrogens with zero attached hydrogens (tertiary/aromatic N) is 2. The first-order valence-electron chi connectivity index (χ1n) is 16.8. The Morgan fingerprint density at radius 3 is 1.90 bits per heavy atom. The van der Waals surface area contributed by atoms with E-state index < -0.39 is 0 Å². The fourth-order valence-corrected chi connectivity index (χ4v) is 6.17. The minimum atomic E-state index is -0.363. The van der Waals surface area contributed by atoms with Crippen LogP contribution in [0, 0.1) is 0 Å². The third kappa shape index (κ3) is 9.62. The molecule has 232 valence electrons. The van der Waals surface area contributed by atoms with Crippen LogP contribution in [0.1, 0.15) is 110 Å². The lowest BCUT2D eigenvalue weighted by atomic mass is 10.0. The van der Waals surface area contributed by atoms with Crippen molar-refractivity contribution < 1.29 is 14.0 Å². The molecule has 0 aliphatic carbocycles. The first-order valence-corrected chi connectivity index (χ1v) is 16.8. The van der Waals surface area contributed by atoms with Crippen LogP contribution in [0.2, 0.25) is 0 Å². The lowest BCUT2D eigenvalue weighted by Crippen LogP contribution is -2.44. The van der Waals surface area contributed by atoms with E-state index >= 15 is 0 Å². The number of rotatable bonds is 20. The van der Waals surface area contributed by atoms with Gasteiger partial charge in [0, 0.05) is 29.9 Å². The van der Waals surface area contributed by atoms with Gasteiger partial charge in [0.1, 0.15) is 12.1 Å². The quantitative estimate of drug-likeness (QED) is 0.107. The molecule has 1 unspecified atom stereocenters. The predicted octanol–water partition coefficient (Wildman–Crippen LogP) is 9.68. The average molecular weight is 578 g/mol. The van der Waals surface area contributed by atoms with Gasteiger partial charge in [0.05, 0.1) is 25.5 Å². The molecule has 5 heteroatoms. The second-order valence-corrected chi connectivity index (χ2v) is 12.4. The molecule has 0 fully saturated rings. The molecule has 2 aromatic carbocycles. The van der Waals surface area contributed by atoms with Gasteiger partial charge in [-0.15, -0.1) is 0 Å². The van der Waals surface area contributed by atoms with Crippen LogP contribution in [0.5, 0.6) is 5.75 Å². The molecule has 1 aromatic heterocycles. The van der Waals surface area contributed by atoms with E-state index in [1.165, 1.54) is 77.0 Å². The number of anilines is 1. The summed E-state index contributed by atoms with van der Waals surface area (Å²) in [5.41, 5.74) is 3.08. The molecular weight excluding hydrogens is 520 g/mol. The van der Waals surface area contributed by atoms with Crippen molar-refractivity contribution in [2.45, 2.75) is 111 Å². The maximum absolute atomic E-state index is 13.3. The van der Waals surface area contributed by atoms with Gasteiger partial charge >= 0.3 is 0 Å². The summed E-state index contributed by atoms with van der Waals surface area (Å²) in [6.45, 7) is 13.8. The largest absolute Gasteiger partial charge is 0.502 e. The molecule has 1 heterocycles. The average Bonchev–Trinajstić information content (AvgIpc) is 3.00. The second kappa shape index (κ2) is 17.4. The Balaban J connectivity index is 1.68. The van der Waals surface area contributed by atoms with Crippen molar-refractivity contribution >= 4 is 16.7 Å².